The standard InChI is InChI=1S/C14H18N2O3S/c1-9(2)12(17)3-5-15-13(18)11-8-20-14(16-11)10-4-6-19-7-10/h4,6-9,12,17H,3,5H2,1-2H3,(H,15,18). The number of thiazole rings is 1. The monoisotopic (exact) mass is 294 g/mol. The summed E-state index contributed by atoms with van der Waals surface area (Å²) in [6.45, 7) is 4.34. The maximum Gasteiger partial charge on any atom is 0.270 e. The molecule has 0 radical (unpaired) electrons. The van der Waals surface area contributed by atoms with E-state index in [4.69, 9.17) is 4.42 Å². The molecule has 5 nitrogen and oxygen atoms in total. The molecule has 0 aliphatic carbocycles. The summed E-state index contributed by atoms with van der Waals surface area (Å²) in [7, 11) is 0. The topological polar surface area (TPSA) is 75.4 Å². The van der Waals surface area contributed by atoms with Gasteiger partial charge in [0.15, 0.2) is 0 Å². The number of hydrogen-bond donors (Lipinski definition) is 2. The zero-order valence-electron chi connectivity index (χ0n) is 11.5. The highest BCUT2D eigenvalue weighted by atomic mass is 32.1. The highest BCUT2D eigenvalue weighted by Crippen LogP contribution is 2.23. The van der Waals surface area contributed by atoms with Gasteiger partial charge in [-0.25, -0.2) is 4.98 Å². The van der Waals surface area contributed by atoms with Crippen LogP contribution in [0, 0.1) is 5.92 Å². The molecule has 1 atom stereocenters. The van der Waals surface area contributed by atoms with E-state index in [-0.39, 0.29) is 11.8 Å². The number of aliphatic hydroxyl groups is 1. The molecule has 0 bridgehead atoms. The molecule has 1 unspecified atom stereocenters. The molecule has 2 aromatic heterocycles. The summed E-state index contributed by atoms with van der Waals surface area (Å²) >= 11 is 1.40. The Hall–Kier alpha value is -1.66. The normalized spacial score (nSPS) is 12.6. The minimum absolute atomic E-state index is 0.193. The van der Waals surface area contributed by atoms with Gasteiger partial charge in [-0.2, -0.15) is 0 Å². The molecule has 1 amide bonds. The number of nitrogens with one attached hydrogen (secondary N) is 1. The van der Waals surface area contributed by atoms with Crippen molar-refractivity contribution < 1.29 is 14.3 Å². The van der Waals surface area contributed by atoms with Gasteiger partial charge >= 0.3 is 0 Å². The number of furan rings is 1. The van der Waals surface area contributed by atoms with Crippen LogP contribution in [0.15, 0.2) is 28.4 Å². The minimum Gasteiger partial charge on any atom is -0.472 e. The third kappa shape index (κ3) is 3.68. The van der Waals surface area contributed by atoms with Crippen molar-refractivity contribution in [3.8, 4) is 10.6 Å². The van der Waals surface area contributed by atoms with Gasteiger partial charge in [-0.3, -0.25) is 4.79 Å². The van der Waals surface area contributed by atoms with Crippen molar-refractivity contribution in [1.29, 1.82) is 0 Å². The number of aliphatic hydroxyl groups excluding tert-OH is 1. The molecule has 0 aromatic carbocycles. The third-order valence-corrected chi connectivity index (χ3v) is 3.89. The van der Waals surface area contributed by atoms with Gasteiger partial charge in [0.25, 0.3) is 5.91 Å². The van der Waals surface area contributed by atoms with Crippen LogP contribution in [0.3, 0.4) is 0 Å². The summed E-state index contributed by atoms with van der Waals surface area (Å²) in [4.78, 5) is 16.2. The van der Waals surface area contributed by atoms with Crippen LogP contribution in [0.5, 0.6) is 0 Å². The Morgan fingerprint density at radius 3 is 3.00 bits per heavy atom. The predicted molar refractivity (Wildman–Crippen MR) is 77.6 cm³/mol. The smallest absolute Gasteiger partial charge is 0.270 e. The fraction of sp³-hybridized carbons (Fsp3) is 0.429. The predicted octanol–water partition coefficient (Wildman–Crippen LogP) is 2.54. The minimum atomic E-state index is -0.396. The van der Waals surface area contributed by atoms with Crippen molar-refractivity contribution >= 4 is 17.2 Å². The molecular weight excluding hydrogens is 276 g/mol. The first-order valence-corrected chi connectivity index (χ1v) is 7.40. The van der Waals surface area contributed by atoms with E-state index in [9.17, 15) is 9.90 Å². The van der Waals surface area contributed by atoms with Gasteiger partial charge in [0.1, 0.15) is 17.0 Å². The average molecular weight is 294 g/mol. The summed E-state index contributed by atoms with van der Waals surface area (Å²) in [6, 6.07) is 1.81. The van der Waals surface area contributed by atoms with Crippen molar-refractivity contribution in [2.75, 3.05) is 6.54 Å². The Balaban J connectivity index is 1.87. The Morgan fingerprint density at radius 1 is 1.55 bits per heavy atom. The lowest BCUT2D eigenvalue weighted by atomic mass is 10.0. The Kier molecular flexibility index (Phi) is 4.92. The zero-order chi connectivity index (χ0) is 14.5. The van der Waals surface area contributed by atoms with Crippen molar-refractivity contribution in [2.24, 2.45) is 5.92 Å². The SMILES string of the molecule is CC(C)C(O)CCNC(=O)c1csc(-c2ccoc2)n1. The summed E-state index contributed by atoms with van der Waals surface area (Å²) < 4.78 is 4.99. The van der Waals surface area contributed by atoms with E-state index >= 15 is 0 Å². The van der Waals surface area contributed by atoms with Crippen LogP contribution in [0.2, 0.25) is 0 Å². The average Bonchev–Trinajstić information content (AvgIpc) is 3.08. The van der Waals surface area contributed by atoms with E-state index in [0.717, 1.165) is 10.6 Å². The largest absolute Gasteiger partial charge is 0.472 e. The van der Waals surface area contributed by atoms with Crippen LogP contribution >= 0.6 is 11.3 Å². The van der Waals surface area contributed by atoms with Crippen molar-refractivity contribution in [3.63, 3.8) is 0 Å². The number of hydrogen-bond acceptors (Lipinski definition) is 5. The van der Waals surface area contributed by atoms with E-state index in [1.165, 1.54) is 11.3 Å². The molecule has 0 fully saturated rings. The van der Waals surface area contributed by atoms with Crippen LogP contribution < -0.4 is 5.32 Å². The molecule has 2 heterocycles. The number of aromatic nitrogens is 1. The summed E-state index contributed by atoms with van der Waals surface area (Å²) in [5.74, 6) is -0.0224. The molecule has 2 rings (SSSR count). The maximum atomic E-state index is 11.9. The number of carbonyl (C=O) groups is 1. The Labute approximate surface area is 121 Å². The lowest BCUT2D eigenvalue weighted by Gasteiger charge is -2.13. The lowest BCUT2D eigenvalue weighted by Crippen LogP contribution is -2.28. The van der Waals surface area contributed by atoms with Crippen LogP contribution in [0.25, 0.3) is 10.6 Å². The van der Waals surface area contributed by atoms with E-state index in [1.807, 2.05) is 13.8 Å². The van der Waals surface area contributed by atoms with E-state index < -0.39 is 6.10 Å². The second kappa shape index (κ2) is 6.67. The number of carbonyl (C=O) groups excluding carboxylic acids is 1. The summed E-state index contributed by atoms with van der Waals surface area (Å²) in [5, 5.41) is 14.9. The molecule has 0 spiro atoms. The van der Waals surface area contributed by atoms with Crippen LogP contribution in [-0.2, 0) is 0 Å². The van der Waals surface area contributed by atoms with Crippen LogP contribution in [0.4, 0.5) is 0 Å². The van der Waals surface area contributed by atoms with Gasteiger partial charge in [0.05, 0.1) is 12.4 Å². The highest BCUT2D eigenvalue weighted by Gasteiger charge is 2.13. The Morgan fingerprint density at radius 2 is 2.35 bits per heavy atom. The van der Waals surface area contributed by atoms with Gasteiger partial charge in [-0.15, -0.1) is 11.3 Å². The van der Waals surface area contributed by atoms with E-state index in [2.05, 4.69) is 10.3 Å². The Bertz CT molecular complexity index is 549. The van der Waals surface area contributed by atoms with Gasteiger partial charge in [-0.1, -0.05) is 13.8 Å². The fourth-order valence-electron chi connectivity index (χ4n) is 1.65. The third-order valence-electron chi connectivity index (χ3n) is 3.00. The van der Waals surface area contributed by atoms with Gasteiger partial charge < -0.3 is 14.8 Å². The first kappa shape index (κ1) is 14.7. The zero-order valence-corrected chi connectivity index (χ0v) is 12.3. The second-order valence-electron chi connectivity index (χ2n) is 4.91. The highest BCUT2D eigenvalue weighted by molar-refractivity contribution is 7.13. The van der Waals surface area contributed by atoms with Crippen LogP contribution in [0.1, 0.15) is 30.8 Å². The molecule has 0 saturated heterocycles. The van der Waals surface area contributed by atoms with E-state index in [0.29, 0.717) is 18.7 Å². The van der Waals surface area contributed by atoms with Crippen molar-refractivity contribution in [3.05, 3.63) is 29.7 Å². The van der Waals surface area contributed by atoms with Gasteiger partial charge in [-0.05, 0) is 18.4 Å². The van der Waals surface area contributed by atoms with Crippen molar-refractivity contribution in [1.82, 2.24) is 10.3 Å². The summed E-state index contributed by atoms with van der Waals surface area (Å²) in [6.07, 6.45) is 3.32. The fourth-order valence-corrected chi connectivity index (χ4v) is 2.44. The molecule has 6 heteroatoms. The van der Waals surface area contributed by atoms with E-state index in [1.54, 1.807) is 24.0 Å². The first-order valence-electron chi connectivity index (χ1n) is 6.52. The molecule has 0 aliphatic heterocycles. The molecule has 2 aromatic rings. The second-order valence-corrected chi connectivity index (χ2v) is 5.76. The van der Waals surface area contributed by atoms with Gasteiger partial charge in [0, 0.05) is 17.5 Å². The van der Waals surface area contributed by atoms with Crippen LogP contribution in [-0.4, -0.2) is 28.6 Å². The first-order chi connectivity index (χ1) is 9.58. The number of rotatable bonds is 6. The van der Waals surface area contributed by atoms with Crippen molar-refractivity contribution in [2.45, 2.75) is 26.4 Å². The maximum absolute atomic E-state index is 11.9. The molecule has 0 aliphatic rings. The molecular formula is C14H18N2O3S. The molecule has 2 N–H and O–H groups in total. The molecule has 20 heavy (non-hydrogen) atoms. The molecule has 0 saturated carbocycles. The molecule has 108 valence electrons. The number of amides is 1. The van der Waals surface area contributed by atoms with Gasteiger partial charge in [0.2, 0.25) is 0 Å². The quantitative estimate of drug-likeness (QED) is 0.858. The number of nitrogens with zero attached hydrogens (tertiary/aromatic N) is 1. The summed E-state index contributed by atoms with van der Waals surface area (Å²) in [5.41, 5.74) is 1.26. The lowest BCUT2D eigenvalue weighted by molar-refractivity contribution is 0.0916.